The molecule has 1 aliphatic carbocycles. The number of hydrogen-bond acceptors (Lipinski definition) is 8. The van der Waals surface area contributed by atoms with Gasteiger partial charge in [-0.1, -0.05) is 18.2 Å². The van der Waals surface area contributed by atoms with E-state index in [2.05, 4.69) is 21.4 Å². The Balaban J connectivity index is 1.20. The molecule has 0 atom stereocenters. The van der Waals surface area contributed by atoms with Gasteiger partial charge in [0, 0.05) is 37.1 Å². The fourth-order valence-corrected chi connectivity index (χ4v) is 5.37. The lowest BCUT2D eigenvalue weighted by molar-refractivity contribution is -0.133. The van der Waals surface area contributed by atoms with Crippen molar-refractivity contribution < 1.29 is 9.53 Å². The first-order chi connectivity index (χ1) is 20.2. The van der Waals surface area contributed by atoms with E-state index in [0.717, 1.165) is 12.8 Å². The molecule has 3 heterocycles. The minimum atomic E-state index is -0.452. The third-order valence-corrected chi connectivity index (χ3v) is 7.50. The molecule has 2 aliphatic rings. The quantitative estimate of drug-likeness (QED) is 0.233. The molecule has 4 aromatic rings. The van der Waals surface area contributed by atoms with Gasteiger partial charge in [-0.2, -0.15) is 5.26 Å². The summed E-state index contributed by atoms with van der Waals surface area (Å²) >= 11 is 0. The van der Waals surface area contributed by atoms with Crippen LogP contribution in [0.5, 0.6) is 11.5 Å². The second-order valence-electron chi connectivity index (χ2n) is 11.5. The normalized spacial score (nSPS) is 15.8. The van der Waals surface area contributed by atoms with E-state index in [1.165, 1.54) is 10.9 Å². The van der Waals surface area contributed by atoms with Crippen molar-refractivity contribution >= 4 is 22.9 Å². The van der Waals surface area contributed by atoms with E-state index >= 15 is 0 Å². The number of carbonyl (C=O) groups is 1. The molecular weight excluding hydrogens is 532 g/mol. The lowest BCUT2D eigenvalue weighted by Gasteiger charge is -2.39. The molecule has 2 aromatic heterocycles. The summed E-state index contributed by atoms with van der Waals surface area (Å²) in [6, 6.07) is 19.1. The van der Waals surface area contributed by atoms with Crippen LogP contribution in [0.4, 0.5) is 5.82 Å². The number of fused-ring (bicyclic) bond motifs is 1. The van der Waals surface area contributed by atoms with Crippen LogP contribution in [-0.2, 0) is 11.3 Å². The van der Waals surface area contributed by atoms with Gasteiger partial charge in [0.05, 0.1) is 5.69 Å². The summed E-state index contributed by atoms with van der Waals surface area (Å²) in [4.78, 5) is 37.0. The number of carbonyl (C=O) groups excluding carboxylic acids is 1. The Morgan fingerprint density at radius 3 is 2.48 bits per heavy atom. The highest BCUT2D eigenvalue weighted by atomic mass is 16.5. The van der Waals surface area contributed by atoms with Gasteiger partial charge in [-0.25, -0.2) is 14.8 Å². The molecule has 0 radical (unpaired) electrons. The number of likely N-dealkylation sites (tertiary alicyclic amines) is 1. The number of nitrogens with zero attached hydrogens (tertiary/aromatic N) is 6. The number of benzene rings is 2. The molecule has 1 saturated heterocycles. The first kappa shape index (κ1) is 27.2. The van der Waals surface area contributed by atoms with Gasteiger partial charge < -0.3 is 20.7 Å². The molecule has 42 heavy (non-hydrogen) atoms. The molecule has 1 aliphatic heterocycles. The van der Waals surface area contributed by atoms with Gasteiger partial charge in [0.15, 0.2) is 11.5 Å². The van der Waals surface area contributed by atoms with Crippen LogP contribution in [0.2, 0.25) is 0 Å². The Labute approximate surface area is 242 Å². The number of nitrogen functional groups attached to an aromatic ring is 1. The molecule has 2 aromatic carbocycles. The van der Waals surface area contributed by atoms with Gasteiger partial charge in [-0.05, 0) is 69.2 Å². The van der Waals surface area contributed by atoms with E-state index in [1.54, 1.807) is 39.8 Å². The first-order valence-electron chi connectivity index (χ1n) is 14.0. The summed E-state index contributed by atoms with van der Waals surface area (Å²) < 4.78 is 8.97. The second kappa shape index (κ2) is 10.8. The number of aromatic nitrogens is 4. The van der Waals surface area contributed by atoms with Crippen molar-refractivity contribution in [1.82, 2.24) is 29.3 Å². The van der Waals surface area contributed by atoms with Crippen molar-refractivity contribution in [2.75, 3.05) is 18.8 Å². The second-order valence-corrected chi connectivity index (χ2v) is 11.5. The number of anilines is 1. The van der Waals surface area contributed by atoms with E-state index in [0.29, 0.717) is 54.0 Å². The van der Waals surface area contributed by atoms with E-state index < -0.39 is 5.54 Å². The number of hydrogen-bond donors (Lipinski definition) is 2. The van der Waals surface area contributed by atoms with Gasteiger partial charge in [0.1, 0.15) is 35.0 Å². The maximum absolute atomic E-state index is 13.7. The highest BCUT2D eigenvalue weighted by Gasteiger charge is 2.35. The van der Waals surface area contributed by atoms with Gasteiger partial charge in [0.2, 0.25) is 0 Å². The average Bonchev–Trinajstić information content (AvgIpc) is 3.71. The van der Waals surface area contributed by atoms with Gasteiger partial charge >= 0.3 is 5.69 Å². The molecule has 0 spiro atoms. The molecule has 11 heteroatoms. The number of imidazole rings is 1. The van der Waals surface area contributed by atoms with Crippen LogP contribution in [0.25, 0.3) is 16.9 Å². The van der Waals surface area contributed by atoms with Gasteiger partial charge in [0.25, 0.3) is 5.91 Å². The highest BCUT2D eigenvalue weighted by Crippen LogP contribution is 2.28. The topological polar surface area (TPSA) is 144 Å². The van der Waals surface area contributed by atoms with Crippen LogP contribution in [-0.4, -0.2) is 54.6 Å². The van der Waals surface area contributed by atoms with Crippen molar-refractivity contribution in [2.45, 2.75) is 44.8 Å². The Bertz CT molecular complexity index is 1760. The maximum atomic E-state index is 13.7. The van der Waals surface area contributed by atoms with E-state index in [-0.39, 0.29) is 28.9 Å². The number of para-hydroxylation sites is 1. The Hall–Kier alpha value is -4.95. The summed E-state index contributed by atoms with van der Waals surface area (Å²) in [6.07, 6.45) is 5.28. The summed E-state index contributed by atoms with van der Waals surface area (Å²) in [5, 5.41) is 13.1. The van der Waals surface area contributed by atoms with Crippen molar-refractivity contribution in [3.8, 4) is 23.3 Å². The fourth-order valence-electron chi connectivity index (χ4n) is 5.37. The van der Waals surface area contributed by atoms with Crippen LogP contribution in [0.1, 0.15) is 26.7 Å². The van der Waals surface area contributed by atoms with Gasteiger partial charge in [-0.15, -0.1) is 0 Å². The number of nitrogens with two attached hydrogens (primary N) is 1. The van der Waals surface area contributed by atoms with E-state index in [4.69, 9.17) is 10.5 Å². The third-order valence-electron chi connectivity index (χ3n) is 7.50. The summed E-state index contributed by atoms with van der Waals surface area (Å²) in [6.45, 7) is 5.14. The number of ether oxygens (including phenoxy) is 1. The lowest BCUT2D eigenvalue weighted by Crippen LogP contribution is -2.52. The molecule has 0 unspecified atom stereocenters. The number of nitrogens with one attached hydrogen (secondary N) is 1. The first-order valence-corrected chi connectivity index (χ1v) is 14.0. The minimum absolute atomic E-state index is 0.0149. The van der Waals surface area contributed by atoms with Crippen molar-refractivity contribution in [2.24, 2.45) is 5.92 Å². The predicted molar refractivity (Wildman–Crippen MR) is 158 cm³/mol. The standard InChI is InChI=1S/C31H32N8O3/c1-31(2,36-22-8-9-22)14-21(15-32)29(40)37-16-20(17-37)18-38-28-26(27(33)34-19-35-28)39(30(38)41)23-10-12-25(13-11-23)42-24-6-4-3-5-7-24/h3-7,10-14,19-20,22,36H,8-9,16-18H2,1-2H3,(H2,33,34,35). The fraction of sp³-hybridized carbons (Fsp3) is 0.323. The minimum Gasteiger partial charge on any atom is -0.457 e. The molecule has 0 bridgehead atoms. The zero-order valence-electron chi connectivity index (χ0n) is 23.5. The third kappa shape index (κ3) is 5.49. The lowest BCUT2D eigenvalue weighted by atomic mass is 9.96. The van der Waals surface area contributed by atoms with Crippen LogP contribution in [0, 0.1) is 17.2 Å². The summed E-state index contributed by atoms with van der Waals surface area (Å²) in [7, 11) is 0. The van der Waals surface area contributed by atoms with Crippen LogP contribution < -0.4 is 21.5 Å². The summed E-state index contributed by atoms with van der Waals surface area (Å²) in [5.41, 5.74) is 7.05. The number of nitriles is 1. The molecule has 11 nitrogen and oxygen atoms in total. The van der Waals surface area contributed by atoms with E-state index in [1.807, 2.05) is 44.2 Å². The molecule has 1 saturated carbocycles. The SMILES string of the molecule is CC(C)(C=C(C#N)C(=O)N1CC(Cn2c(=O)n(-c3ccc(Oc4ccccc4)cc3)c3c(N)ncnc32)C1)NC1CC1. The molecule has 2 fully saturated rings. The molecular formula is C31H32N8O3. The van der Waals surface area contributed by atoms with E-state index in [9.17, 15) is 14.9 Å². The monoisotopic (exact) mass is 564 g/mol. The Morgan fingerprint density at radius 1 is 1.12 bits per heavy atom. The van der Waals surface area contributed by atoms with Crippen LogP contribution >= 0.6 is 0 Å². The molecule has 214 valence electrons. The van der Waals surface area contributed by atoms with Crippen molar-refractivity contribution in [3.05, 3.63) is 83.1 Å². The van der Waals surface area contributed by atoms with Crippen molar-refractivity contribution in [3.63, 3.8) is 0 Å². The van der Waals surface area contributed by atoms with Crippen molar-refractivity contribution in [1.29, 1.82) is 5.26 Å². The Morgan fingerprint density at radius 2 is 1.81 bits per heavy atom. The average molecular weight is 565 g/mol. The number of amides is 1. The Kier molecular flexibility index (Phi) is 7.00. The zero-order valence-corrected chi connectivity index (χ0v) is 23.5. The zero-order chi connectivity index (χ0) is 29.4. The largest absolute Gasteiger partial charge is 0.457 e. The molecule has 6 rings (SSSR count). The van der Waals surface area contributed by atoms with Crippen LogP contribution in [0.3, 0.4) is 0 Å². The predicted octanol–water partition coefficient (Wildman–Crippen LogP) is 3.40. The molecule has 3 N–H and O–H groups in total. The summed E-state index contributed by atoms with van der Waals surface area (Å²) in [5.74, 6) is 1.25. The van der Waals surface area contributed by atoms with Gasteiger partial charge in [-0.3, -0.25) is 13.9 Å². The number of rotatable bonds is 9. The van der Waals surface area contributed by atoms with Crippen LogP contribution in [0.15, 0.2) is 77.4 Å². The highest BCUT2D eigenvalue weighted by molar-refractivity contribution is 5.98. The smallest absolute Gasteiger partial charge is 0.335 e. The maximum Gasteiger partial charge on any atom is 0.335 e. The molecule has 1 amide bonds.